The molecule has 9 nitrogen and oxygen atoms in total. The Kier molecular flexibility index (Phi) is 12.1. The lowest BCUT2D eigenvalue weighted by Crippen LogP contribution is -2.73. The summed E-state index contributed by atoms with van der Waals surface area (Å²) in [6, 6.07) is 6.37. The summed E-state index contributed by atoms with van der Waals surface area (Å²) in [5.41, 5.74) is 3.41. The van der Waals surface area contributed by atoms with Gasteiger partial charge in [0.1, 0.15) is 11.6 Å². The zero-order valence-electron chi connectivity index (χ0n) is 25.6. The van der Waals surface area contributed by atoms with Gasteiger partial charge in [-0.3, -0.25) is 14.5 Å². The molecule has 11 heteroatoms. The number of amides is 2. The van der Waals surface area contributed by atoms with Crippen LogP contribution in [0.1, 0.15) is 98.4 Å². The fourth-order valence-electron chi connectivity index (χ4n) is 7.13. The lowest BCUT2D eigenvalue weighted by molar-refractivity contribution is -0.162. The molecule has 1 atom stereocenters. The molecular weight excluding hydrogens is 589 g/mol. The number of likely N-dealkylation sites (tertiary alicyclic amines) is 1. The van der Waals surface area contributed by atoms with E-state index in [0.29, 0.717) is 25.3 Å². The van der Waals surface area contributed by atoms with E-state index in [1.165, 1.54) is 19.3 Å². The molecule has 1 spiro atoms. The number of nitrogens with one attached hydrogen (secondary N) is 1. The predicted molar refractivity (Wildman–Crippen MR) is 171 cm³/mol. The highest BCUT2D eigenvalue weighted by Gasteiger charge is 2.53. The summed E-state index contributed by atoms with van der Waals surface area (Å²) in [5.74, 6) is -0.253. The molecule has 0 unspecified atom stereocenters. The van der Waals surface area contributed by atoms with Gasteiger partial charge in [-0.25, -0.2) is 9.48 Å². The molecule has 1 saturated carbocycles. The van der Waals surface area contributed by atoms with E-state index in [1.54, 1.807) is 24.3 Å². The number of aromatic carboxylic acids is 1. The van der Waals surface area contributed by atoms with Crippen molar-refractivity contribution in [1.82, 2.24) is 24.9 Å². The summed E-state index contributed by atoms with van der Waals surface area (Å²) < 4.78 is 1.87. The first kappa shape index (κ1) is 34.9. The van der Waals surface area contributed by atoms with Crippen LogP contribution in [0.3, 0.4) is 0 Å². The van der Waals surface area contributed by atoms with Crippen molar-refractivity contribution >= 4 is 42.6 Å². The molecule has 2 aromatic rings. The molecule has 3 aliphatic rings. The number of carbonyl (C=O) groups is 3. The molecule has 2 aliphatic heterocycles. The van der Waals surface area contributed by atoms with Crippen molar-refractivity contribution in [2.75, 3.05) is 19.6 Å². The Morgan fingerprint density at radius 3 is 2.30 bits per heavy atom. The SMILES string of the molecule is CCCCN1C(=O)[C@H](CC2CCCCC2)NC(=O)C12CCN(Cc1c(C)nn(-c3ccc(C(=O)O)cc3)c1C)CC2.Cl.Cl. The zero-order valence-corrected chi connectivity index (χ0v) is 27.3. The van der Waals surface area contributed by atoms with Gasteiger partial charge in [0.25, 0.3) is 0 Å². The maximum atomic E-state index is 13.8. The minimum absolute atomic E-state index is 0. The third kappa shape index (κ3) is 7.21. The second-order valence-corrected chi connectivity index (χ2v) is 12.3. The fraction of sp³-hybridized carbons (Fsp3) is 0.625. The molecule has 0 radical (unpaired) electrons. The Morgan fingerprint density at radius 1 is 1.05 bits per heavy atom. The number of rotatable bonds is 9. The molecule has 0 bridgehead atoms. The van der Waals surface area contributed by atoms with Gasteiger partial charge in [0.2, 0.25) is 11.8 Å². The number of carboxylic acid groups (broad SMARTS) is 1. The molecule has 2 amide bonds. The van der Waals surface area contributed by atoms with Crippen LogP contribution in [0, 0.1) is 19.8 Å². The molecule has 1 aliphatic carbocycles. The van der Waals surface area contributed by atoms with E-state index < -0.39 is 11.5 Å². The lowest BCUT2D eigenvalue weighted by Gasteiger charge is -2.52. The molecule has 1 aromatic heterocycles. The molecule has 2 N–H and O–H groups in total. The summed E-state index contributed by atoms with van der Waals surface area (Å²) in [7, 11) is 0. The summed E-state index contributed by atoms with van der Waals surface area (Å²) in [6.07, 6.45) is 10.0. The van der Waals surface area contributed by atoms with E-state index in [4.69, 9.17) is 5.10 Å². The number of piperidine rings is 1. The highest BCUT2D eigenvalue weighted by Crippen LogP contribution is 2.36. The Bertz CT molecular complexity index is 1270. The first-order valence-electron chi connectivity index (χ1n) is 15.5. The second kappa shape index (κ2) is 14.9. The topological polar surface area (TPSA) is 108 Å². The van der Waals surface area contributed by atoms with Crippen LogP contribution in [0.2, 0.25) is 0 Å². The number of hydrogen-bond acceptors (Lipinski definition) is 5. The molecule has 3 heterocycles. The number of nitrogens with zero attached hydrogens (tertiary/aromatic N) is 4. The summed E-state index contributed by atoms with van der Waals surface area (Å²) in [4.78, 5) is 43.2. The summed E-state index contributed by atoms with van der Waals surface area (Å²) in [6.45, 7) is 9.00. The van der Waals surface area contributed by atoms with Gasteiger partial charge in [-0.1, -0.05) is 45.4 Å². The van der Waals surface area contributed by atoms with Gasteiger partial charge in [-0.2, -0.15) is 5.10 Å². The molecule has 3 fully saturated rings. The number of piperazine rings is 1. The number of benzene rings is 1. The minimum atomic E-state index is -0.949. The third-order valence-electron chi connectivity index (χ3n) is 9.70. The standard InChI is InChI=1S/C32H45N5O4.2ClH/c1-4-5-17-36-29(38)28(20-24-9-7-6-8-10-24)33-31(41)32(36)15-18-35(19-16-32)21-27-22(2)34-37(23(27)3)26-13-11-25(12-14-26)30(39)40;;/h11-14,24,28H,4-10,15-21H2,1-3H3,(H,33,41)(H,39,40);2*1H/t28-;;/m0../s1. The predicted octanol–water partition coefficient (Wildman–Crippen LogP) is 5.46. The Hall–Kier alpha value is -2.62. The van der Waals surface area contributed by atoms with Crippen molar-refractivity contribution in [3.05, 3.63) is 46.8 Å². The number of carboxylic acids is 1. The van der Waals surface area contributed by atoms with Gasteiger partial charge in [0, 0.05) is 37.4 Å². The number of hydrogen-bond donors (Lipinski definition) is 2. The van der Waals surface area contributed by atoms with Crippen LogP contribution in [0.25, 0.3) is 5.69 Å². The van der Waals surface area contributed by atoms with E-state index in [2.05, 4.69) is 17.1 Å². The lowest BCUT2D eigenvalue weighted by atomic mass is 9.79. The van der Waals surface area contributed by atoms with E-state index in [1.807, 2.05) is 23.4 Å². The van der Waals surface area contributed by atoms with Crippen molar-refractivity contribution in [2.24, 2.45) is 5.92 Å². The van der Waals surface area contributed by atoms with Crippen LogP contribution >= 0.6 is 24.8 Å². The van der Waals surface area contributed by atoms with E-state index in [9.17, 15) is 19.5 Å². The van der Waals surface area contributed by atoms with Gasteiger partial charge in [0.15, 0.2) is 0 Å². The minimum Gasteiger partial charge on any atom is -0.478 e. The zero-order chi connectivity index (χ0) is 29.1. The smallest absolute Gasteiger partial charge is 0.335 e. The molecule has 5 rings (SSSR count). The van der Waals surface area contributed by atoms with E-state index in [-0.39, 0.29) is 48.2 Å². The number of halogens is 2. The average molecular weight is 637 g/mol. The first-order valence-corrected chi connectivity index (χ1v) is 15.5. The molecule has 43 heavy (non-hydrogen) atoms. The number of unbranched alkanes of at least 4 members (excludes halogenated alkanes) is 1. The van der Waals surface area contributed by atoms with Crippen LogP contribution in [-0.2, 0) is 16.1 Å². The van der Waals surface area contributed by atoms with Crippen molar-refractivity contribution in [2.45, 2.75) is 103 Å². The summed E-state index contributed by atoms with van der Waals surface area (Å²) in [5, 5.41) is 17.2. The number of aryl methyl sites for hydroxylation is 1. The van der Waals surface area contributed by atoms with Crippen LogP contribution in [0.4, 0.5) is 0 Å². The van der Waals surface area contributed by atoms with Crippen molar-refractivity contribution in [3.8, 4) is 5.69 Å². The Balaban J connectivity index is 0.00000253. The molecule has 2 saturated heterocycles. The monoisotopic (exact) mass is 635 g/mol. The fourth-order valence-corrected chi connectivity index (χ4v) is 7.13. The molecular formula is C32H47Cl2N5O4. The highest BCUT2D eigenvalue weighted by atomic mass is 35.5. The summed E-state index contributed by atoms with van der Waals surface area (Å²) >= 11 is 0. The van der Waals surface area contributed by atoms with Crippen LogP contribution in [0.5, 0.6) is 0 Å². The molecule has 238 valence electrons. The van der Waals surface area contributed by atoms with Gasteiger partial charge >= 0.3 is 5.97 Å². The number of carbonyl (C=O) groups excluding carboxylic acids is 2. The number of aromatic nitrogens is 2. The average Bonchev–Trinajstić information content (AvgIpc) is 3.26. The highest BCUT2D eigenvalue weighted by molar-refractivity contribution is 6.00. The van der Waals surface area contributed by atoms with Crippen LogP contribution in [-0.4, -0.2) is 73.7 Å². The van der Waals surface area contributed by atoms with Gasteiger partial charge in [-0.05, 0) is 69.7 Å². The van der Waals surface area contributed by atoms with Crippen molar-refractivity contribution < 1.29 is 19.5 Å². The largest absolute Gasteiger partial charge is 0.478 e. The third-order valence-corrected chi connectivity index (χ3v) is 9.70. The maximum absolute atomic E-state index is 13.8. The quantitative estimate of drug-likeness (QED) is 0.379. The molecule has 1 aromatic carbocycles. The van der Waals surface area contributed by atoms with Crippen LogP contribution in [0.15, 0.2) is 24.3 Å². The van der Waals surface area contributed by atoms with Gasteiger partial charge < -0.3 is 15.3 Å². The maximum Gasteiger partial charge on any atom is 0.335 e. The Labute approximate surface area is 267 Å². The van der Waals surface area contributed by atoms with Gasteiger partial charge in [0.05, 0.1) is 16.9 Å². The van der Waals surface area contributed by atoms with E-state index in [0.717, 1.165) is 74.4 Å². The van der Waals surface area contributed by atoms with Gasteiger partial charge in [-0.15, -0.1) is 24.8 Å². The Morgan fingerprint density at radius 2 is 1.70 bits per heavy atom. The second-order valence-electron chi connectivity index (χ2n) is 12.3. The van der Waals surface area contributed by atoms with Crippen molar-refractivity contribution in [1.29, 1.82) is 0 Å². The van der Waals surface area contributed by atoms with Crippen LogP contribution < -0.4 is 5.32 Å². The van der Waals surface area contributed by atoms with Crippen molar-refractivity contribution in [3.63, 3.8) is 0 Å². The first-order chi connectivity index (χ1) is 19.7. The normalized spacial score (nSPS) is 20.8. The van der Waals surface area contributed by atoms with E-state index >= 15 is 0 Å².